The molecule has 0 unspecified atom stereocenters. The van der Waals surface area contributed by atoms with Crippen LogP contribution in [0.25, 0.3) is 22.3 Å². The quantitative estimate of drug-likeness (QED) is 0.710. The fourth-order valence-corrected chi connectivity index (χ4v) is 1.98. The normalized spacial score (nSPS) is 12.2. The lowest BCUT2D eigenvalue weighted by Gasteiger charge is -2.18. The lowest BCUT2D eigenvalue weighted by Crippen LogP contribution is -2.22. The van der Waals surface area contributed by atoms with E-state index in [4.69, 9.17) is 0 Å². The van der Waals surface area contributed by atoms with Crippen LogP contribution in [-0.4, -0.2) is 20.0 Å². The zero-order valence-electron chi connectivity index (χ0n) is 10.8. The fraction of sp³-hybridized carbons (Fsp3) is 0.286. The summed E-state index contributed by atoms with van der Waals surface area (Å²) in [6.45, 7) is 6.39. The summed E-state index contributed by atoms with van der Waals surface area (Å²) >= 11 is 0. The van der Waals surface area contributed by atoms with Crippen LogP contribution in [0.1, 0.15) is 20.8 Å². The van der Waals surface area contributed by atoms with E-state index < -0.39 is 0 Å². The summed E-state index contributed by atoms with van der Waals surface area (Å²) in [7, 11) is 0. The Kier molecular flexibility index (Phi) is 2.26. The van der Waals surface area contributed by atoms with Crippen LogP contribution in [0.3, 0.4) is 0 Å². The Hall–Kier alpha value is -2.10. The van der Waals surface area contributed by atoms with E-state index in [9.17, 15) is 0 Å². The first kappa shape index (κ1) is 11.0. The van der Waals surface area contributed by atoms with Crippen molar-refractivity contribution in [3.05, 3.63) is 36.5 Å². The summed E-state index contributed by atoms with van der Waals surface area (Å²) in [4.78, 5) is 0. The number of benzene rings is 1. The van der Waals surface area contributed by atoms with Gasteiger partial charge in [-0.05, 0) is 32.9 Å². The molecule has 1 aromatic carbocycles. The molecule has 0 aliphatic heterocycles. The smallest absolute Gasteiger partial charge is 0.120 e. The summed E-state index contributed by atoms with van der Waals surface area (Å²) in [5, 5.41) is 13.1. The zero-order valence-corrected chi connectivity index (χ0v) is 10.8. The summed E-state index contributed by atoms with van der Waals surface area (Å²) in [6, 6.07) is 10.1. The molecule has 2 aromatic heterocycles. The molecule has 0 saturated heterocycles. The van der Waals surface area contributed by atoms with E-state index in [1.807, 2.05) is 35.1 Å². The van der Waals surface area contributed by atoms with Crippen molar-refractivity contribution in [2.75, 3.05) is 0 Å². The Morgan fingerprint density at radius 2 is 1.89 bits per heavy atom. The van der Waals surface area contributed by atoms with Crippen LogP contribution in [0, 0.1) is 0 Å². The van der Waals surface area contributed by atoms with Crippen LogP contribution in [0.4, 0.5) is 0 Å². The zero-order chi connectivity index (χ0) is 12.8. The number of nitrogens with zero attached hydrogens (tertiary/aromatic N) is 3. The third-order valence-corrected chi connectivity index (χ3v) is 2.99. The SMILES string of the molecule is CC(C)(C)n1ccc(-c2n[nH]c3ccccc23)n1. The third kappa shape index (κ3) is 1.70. The molecule has 4 heteroatoms. The largest absolute Gasteiger partial charge is 0.277 e. The van der Waals surface area contributed by atoms with E-state index in [0.717, 1.165) is 22.3 Å². The lowest BCUT2D eigenvalue weighted by molar-refractivity contribution is 0.356. The number of hydrogen-bond donors (Lipinski definition) is 1. The molecule has 3 rings (SSSR count). The molecule has 3 aromatic rings. The van der Waals surface area contributed by atoms with Gasteiger partial charge in [-0.1, -0.05) is 18.2 Å². The molecule has 0 bridgehead atoms. The van der Waals surface area contributed by atoms with Gasteiger partial charge >= 0.3 is 0 Å². The number of hydrogen-bond acceptors (Lipinski definition) is 2. The summed E-state index contributed by atoms with van der Waals surface area (Å²) in [6.07, 6.45) is 2.00. The monoisotopic (exact) mass is 240 g/mol. The van der Waals surface area contributed by atoms with Gasteiger partial charge in [0.05, 0.1) is 11.1 Å². The maximum atomic E-state index is 4.61. The predicted molar refractivity (Wildman–Crippen MR) is 72.3 cm³/mol. The molecular weight excluding hydrogens is 224 g/mol. The second-order valence-electron chi connectivity index (χ2n) is 5.43. The summed E-state index contributed by atoms with van der Waals surface area (Å²) < 4.78 is 1.96. The standard InChI is InChI=1S/C14H16N4/c1-14(2,3)18-9-8-12(17-18)13-10-6-4-5-7-11(10)15-16-13/h4-9H,1-3H3,(H,15,16). The molecule has 0 radical (unpaired) electrons. The second kappa shape index (κ2) is 3.70. The van der Waals surface area contributed by atoms with Gasteiger partial charge in [0.15, 0.2) is 0 Å². The first-order valence-corrected chi connectivity index (χ1v) is 6.05. The van der Waals surface area contributed by atoms with Gasteiger partial charge in [-0.15, -0.1) is 0 Å². The molecule has 2 heterocycles. The highest BCUT2D eigenvalue weighted by Gasteiger charge is 2.16. The van der Waals surface area contributed by atoms with Gasteiger partial charge in [0.1, 0.15) is 11.4 Å². The van der Waals surface area contributed by atoms with Crippen molar-refractivity contribution in [2.24, 2.45) is 0 Å². The molecule has 0 spiro atoms. The minimum atomic E-state index is -0.00956. The van der Waals surface area contributed by atoms with Gasteiger partial charge in [-0.2, -0.15) is 10.2 Å². The first-order valence-electron chi connectivity index (χ1n) is 6.05. The molecular formula is C14H16N4. The van der Waals surface area contributed by atoms with E-state index in [2.05, 4.69) is 42.1 Å². The lowest BCUT2D eigenvalue weighted by atomic mass is 10.1. The van der Waals surface area contributed by atoms with Gasteiger partial charge in [0, 0.05) is 11.6 Å². The summed E-state index contributed by atoms with van der Waals surface area (Å²) in [5.41, 5.74) is 2.85. The number of rotatable bonds is 1. The number of nitrogens with one attached hydrogen (secondary N) is 1. The van der Waals surface area contributed by atoms with Crippen molar-refractivity contribution in [3.8, 4) is 11.4 Å². The van der Waals surface area contributed by atoms with Crippen LogP contribution < -0.4 is 0 Å². The van der Waals surface area contributed by atoms with Crippen LogP contribution >= 0.6 is 0 Å². The van der Waals surface area contributed by atoms with Gasteiger partial charge in [-0.25, -0.2) is 0 Å². The van der Waals surface area contributed by atoms with Gasteiger partial charge in [-0.3, -0.25) is 9.78 Å². The molecule has 0 aliphatic carbocycles. The Morgan fingerprint density at radius 3 is 2.61 bits per heavy atom. The third-order valence-electron chi connectivity index (χ3n) is 2.99. The number of aromatic amines is 1. The molecule has 1 N–H and O–H groups in total. The number of fused-ring (bicyclic) bond motifs is 1. The second-order valence-corrected chi connectivity index (χ2v) is 5.43. The molecule has 0 saturated carbocycles. The summed E-state index contributed by atoms with van der Waals surface area (Å²) in [5.74, 6) is 0. The van der Waals surface area contributed by atoms with Crippen LogP contribution in [-0.2, 0) is 5.54 Å². The molecule has 4 nitrogen and oxygen atoms in total. The average molecular weight is 240 g/mol. The van der Waals surface area contributed by atoms with Crippen molar-refractivity contribution in [3.63, 3.8) is 0 Å². The number of H-pyrrole nitrogens is 1. The molecule has 0 aliphatic rings. The van der Waals surface area contributed by atoms with Gasteiger partial charge in [0.25, 0.3) is 0 Å². The molecule has 0 fully saturated rings. The van der Waals surface area contributed by atoms with Gasteiger partial charge < -0.3 is 0 Å². The first-order chi connectivity index (χ1) is 8.55. The minimum absolute atomic E-state index is 0.00956. The Morgan fingerprint density at radius 1 is 1.11 bits per heavy atom. The minimum Gasteiger partial charge on any atom is -0.277 e. The maximum absolute atomic E-state index is 4.61. The molecule has 0 amide bonds. The Bertz CT molecular complexity index is 685. The highest BCUT2D eigenvalue weighted by atomic mass is 15.3. The Labute approximate surface area is 106 Å². The van der Waals surface area contributed by atoms with Crippen molar-refractivity contribution in [2.45, 2.75) is 26.3 Å². The van der Waals surface area contributed by atoms with Gasteiger partial charge in [0.2, 0.25) is 0 Å². The van der Waals surface area contributed by atoms with E-state index in [1.165, 1.54) is 0 Å². The highest BCUT2D eigenvalue weighted by molar-refractivity contribution is 5.91. The van der Waals surface area contributed by atoms with Crippen molar-refractivity contribution >= 4 is 10.9 Å². The van der Waals surface area contributed by atoms with Crippen molar-refractivity contribution in [1.82, 2.24) is 20.0 Å². The molecule has 92 valence electrons. The highest BCUT2D eigenvalue weighted by Crippen LogP contribution is 2.25. The molecule has 0 atom stereocenters. The van der Waals surface area contributed by atoms with E-state index in [1.54, 1.807) is 0 Å². The average Bonchev–Trinajstić information content (AvgIpc) is 2.94. The molecule has 18 heavy (non-hydrogen) atoms. The van der Waals surface area contributed by atoms with E-state index in [0.29, 0.717) is 0 Å². The van der Waals surface area contributed by atoms with Crippen molar-refractivity contribution in [1.29, 1.82) is 0 Å². The fourth-order valence-electron chi connectivity index (χ4n) is 1.98. The van der Waals surface area contributed by atoms with E-state index in [-0.39, 0.29) is 5.54 Å². The van der Waals surface area contributed by atoms with Crippen LogP contribution in [0.15, 0.2) is 36.5 Å². The maximum Gasteiger partial charge on any atom is 0.120 e. The predicted octanol–water partition coefficient (Wildman–Crippen LogP) is 3.18. The van der Waals surface area contributed by atoms with Crippen LogP contribution in [0.2, 0.25) is 0 Å². The van der Waals surface area contributed by atoms with Crippen molar-refractivity contribution < 1.29 is 0 Å². The topological polar surface area (TPSA) is 46.5 Å². The Balaban J connectivity index is 2.13. The number of aromatic nitrogens is 4. The van der Waals surface area contributed by atoms with E-state index >= 15 is 0 Å². The number of para-hydroxylation sites is 1. The van der Waals surface area contributed by atoms with Crippen LogP contribution in [0.5, 0.6) is 0 Å².